The highest BCUT2D eigenvalue weighted by Crippen LogP contribution is 2.25. The lowest BCUT2D eigenvalue weighted by molar-refractivity contribution is -0.162. The number of hydrogen-bond donors (Lipinski definition) is 1. The molecule has 156 valence electrons. The summed E-state index contributed by atoms with van der Waals surface area (Å²) in [5.41, 5.74) is 0.891. The highest BCUT2D eigenvalue weighted by molar-refractivity contribution is 5.98. The molecule has 0 bridgehead atoms. The Morgan fingerprint density at radius 3 is 1.86 bits per heavy atom. The highest BCUT2D eigenvalue weighted by atomic mass is 16.6. The number of rotatable bonds is 5. The number of hydrogen-bond acceptors (Lipinski definition) is 3. The highest BCUT2D eigenvalue weighted by Gasteiger charge is 2.39. The molecule has 0 aliphatic carbocycles. The Kier molecular flexibility index (Phi) is 6.56. The van der Waals surface area contributed by atoms with Crippen LogP contribution in [0.3, 0.4) is 0 Å². The summed E-state index contributed by atoms with van der Waals surface area (Å²) in [7, 11) is 0. The second-order valence-corrected chi connectivity index (χ2v) is 9.78. The molecule has 0 radical (unpaired) electrons. The maximum Gasteiger partial charge on any atom is 0.332 e. The van der Waals surface area contributed by atoms with E-state index in [4.69, 9.17) is 4.74 Å². The summed E-state index contributed by atoms with van der Waals surface area (Å²) in [5.74, 6) is -0.751. The predicted molar refractivity (Wildman–Crippen MR) is 117 cm³/mol. The van der Waals surface area contributed by atoms with Crippen molar-refractivity contribution in [2.45, 2.75) is 71.4 Å². The Balaban J connectivity index is 2.31. The van der Waals surface area contributed by atoms with Gasteiger partial charge in [-0.2, -0.15) is 0 Å². The van der Waals surface area contributed by atoms with Crippen molar-refractivity contribution in [3.63, 3.8) is 0 Å². The van der Waals surface area contributed by atoms with Crippen molar-refractivity contribution in [3.05, 3.63) is 71.3 Å². The molecule has 4 heteroatoms. The van der Waals surface area contributed by atoms with E-state index in [1.165, 1.54) is 5.56 Å². The van der Waals surface area contributed by atoms with Crippen LogP contribution in [-0.4, -0.2) is 23.0 Å². The van der Waals surface area contributed by atoms with E-state index in [2.05, 4.69) is 38.2 Å². The third-order valence-electron chi connectivity index (χ3n) is 4.65. The van der Waals surface area contributed by atoms with E-state index >= 15 is 0 Å². The molecule has 0 fully saturated rings. The Morgan fingerprint density at radius 1 is 0.828 bits per heavy atom. The molecule has 0 aliphatic heterocycles. The summed E-state index contributed by atoms with van der Waals surface area (Å²) >= 11 is 0. The van der Waals surface area contributed by atoms with Crippen LogP contribution in [0.2, 0.25) is 0 Å². The molecular formula is C25H33NO3. The molecule has 1 atom stereocenters. The van der Waals surface area contributed by atoms with Crippen molar-refractivity contribution >= 4 is 11.9 Å². The minimum Gasteiger partial charge on any atom is -0.458 e. The molecule has 2 aromatic rings. The molecule has 0 saturated carbocycles. The fourth-order valence-electron chi connectivity index (χ4n) is 3.00. The van der Waals surface area contributed by atoms with Crippen LogP contribution in [0.1, 0.15) is 70.0 Å². The molecule has 1 N–H and O–H groups in total. The third kappa shape index (κ3) is 6.45. The van der Waals surface area contributed by atoms with Gasteiger partial charge >= 0.3 is 5.97 Å². The van der Waals surface area contributed by atoms with Crippen LogP contribution in [0.4, 0.5) is 0 Å². The Labute approximate surface area is 174 Å². The van der Waals surface area contributed by atoms with Gasteiger partial charge in [0, 0.05) is 12.0 Å². The van der Waals surface area contributed by atoms with Crippen LogP contribution in [0.15, 0.2) is 54.6 Å². The molecule has 0 aromatic heterocycles. The molecule has 0 spiro atoms. The van der Waals surface area contributed by atoms with Crippen LogP contribution >= 0.6 is 0 Å². The SMILES string of the molecule is CC(C)(C)OC(=O)[C@](C)(Cc1ccc(C(C)(C)C)cc1)NC(=O)c1ccccc1. The first-order chi connectivity index (χ1) is 13.3. The standard InChI is InChI=1S/C25H33NO3/c1-23(2,3)20-15-13-18(14-16-20)17-25(7,22(28)29-24(4,5)6)26-21(27)19-11-9-8-10-12-19/h8-16H,17H2,1-7H3,(H,26,27)/t25-/m0/s1. The van der Waals surface area contributed by atoms with E-state index in [0.29, 0.717) is 12.0 Å². The zero-order valence-corrected chi connectivity index (χ0v) is 18.6. The molecule has 1 amide bonds. The fourth-order valence-corrected chi connectivity index (χ4v) is 3.00. The second-order valence-electron chi connectivity index (χ2n) is 9.78. The number of benzene rings is 2. The van der Waals surface area contributed by atoms with Gasteiger partial charge < -0.3 is 10.1 Å². The van der Waals surface area contributed by atoms with E-state index in [9.17, 15) is 9.59 Å². The summed E-state index contributed by atoms with van der Waals surface area (Å²) in [6.45, 7) is 13.7. The summed E-state index contributed by atoms with van der Waals surface area (Å²) in [6, 6.07) is 17.1. The summed E-state index contributed by atoms with van der Waals surface area (Å²) in [5, 5.41) is 2.91. The van der Waals surface area contributed by atoms with Crippen LogP contribution in [-0.2, 0) is 21.4 Å². The molecule has 0 unspecified atom stereocenters. The minimum atomic E-state index is -1.19. The van der Waals surface area contributed by atoms with E-state index in [1.807, 2.05) is 39.0 Å². The van der Waals surface area contributed by atoms with Crippen molar-refractivity contribution in [1.82, 2.24) is 5.32 Å². The predicted octanol–water partition coefficient (Wildman–Crippen LogP) is 5.06. The number of carbonyl (C=O) groups is 2. The number of ether oxygens (including phenoxy) is 1. The molecule has 0 heterocycles. The first kappa shape index (κ1) is 22.7. The Morgan fingerprint density at radius 2 is 1.38 bits per heavy atom. The number of carbonyl (C=O) groups excluding carboxylic acids is 2. The van der Waals surface area contributed by atoms with Gasteiger partial charge in [-0.05, 0) is 56.4 Å². The van der Waals surface area contributed by atoms with Crippen LogP contribution in [0.25, 0.3) is 0 Å². The van der Waals surface area contributed by atoms with E-state index in [1.54, 1.807) is 31.2 Å². The normalized spacial score (nSPS) is 14.0. The molecule has 2 rings (SSSR count). The Bertz CT molecular complexity index is 842. The van der Waals surface area contributed by atoms with E-state index < -0.39 is 17.1 Å². The summed E-state index contributed by atoms with van der Waals surface area (Å²) in [4.78, 5) is 25.8. The topological polar surface area (TPSA) is 55.4 Å². The van der Waals surface area contributed by atoms with E-state index in [0.717, 1.165) is 5.56 Å². The Hall–Kier alpha value is -2.62. The molecule has 0 aliphatic rings. The zero-order chi connectivity index (χ0) is 21.9. The average Bonchev–Trinajstić information content (AvgIpc) is 2.60. The van der Waals surface area contributed by atoms with Gasteiger partial charge in [-0.15, -0.1) is 0 Å². The van der Waals surface area contributed by atoms with Crippen molar-refractivity contribution < 1.29 is 14.3 Å². The maximum absolute atomic E-state index is 13.0. The van der Waals surface area contributed by atoms with Crippen molar-refractivity contribution in [3.8, 4) is 0 Å². The minimum absolute atomic E-state index is 0.0501. The maximum atomic E-state index is 13.0. The second kappa shape index (κ2) is 8.40. The fraction of sp³-hybridized carbons (Fsp3) is 0.440. The van der Waals surface area contributed by atoms with Crippen LogP contribution in [0.5, 0.6) is 0 Å². The summed E-state index contributed by atoms with van der Waals surface area (Å²) < 4.78 is 5.64. The number of esters is 1. The lowest BCUT2D eigenvalue weighted by Crippen LogP contribution is -2.56. The average molecular weight is 396 g/mol. The smallest absolute Gasteiger partial charge is 0.332 e. The molecule has 0 saturated heterocycles. The first-order valence-electron chi connectivity index (χ1n) is 10.0. The van der Waals surface area contributed by atoms with Gasteiger partial charge in [0.15, 0.2) is 0 Å². The van der Waals surface area contributed by atoms with Gasteiger partial charge in [-0.1, -0.05) is 63.2 Å². The van der Waals surface area contributed by atoms with Gasteiger partial charge in [0.05, 0.1) is 0 Å². The van der Waals surface area contributed by atoms with Crippen molar-refractivity contribution in [2.75, 3.05) is 0 Å². The molecule has 4 nitrogen and oxygen atoms in total. The molecule has 2 aromatic carbocycles. The number of amides is 1. The number of nitrogens with one attached hydrogen (secondary N) is 1. The van der Waals surface area contributed by atoms with Gasteiger partial charge in [0.2, 0.25) is 0 Å². The summed E-state index contributed by atoms with van der Waals surface area (Å²) in [6.07, 6.45) is 0.338. The monoisotopic (exact) mass is 395 g/mol. The van der Waals surface area contributed by atoms with Gasteiger partial charge in [-0.3, -0.25) is 4.79 Å². The third-order valence-corrected chi connectivity index (χ3v) is 4.65. The lowest BCUT2D eigenvalue weighted by Gasteiger charge is -2.32. The van der Waals surface area contributed by atoms with Crippen molar-refractivity contribution in [2.24, 2.45) is 0 Å². The largest absolute Gasteiger partial charge is 0.458 e. The van der Waals surface area contributed by atoms with E-state index in [-0.39, 0.29) is 11.3 Å². The van der Waals surface area contributed by atoms with Gasteiger partial charge in [0.1, 0.15) is 11.1 Å². The van der Waals surface area contributed by atoms with Crippen molar-refractivity contribution in [1.29, 1.82) is 0 Å². The zero-order valence-electron chi connectivity index (χ0n) is 18.6. The molecular weight excluding hydrogens is 362 g/mol. The molecule has 29 heavy (non-hydrogen) atoms. The first-order valence-corrected chi connectivity index (χ1v) is 10.0. The van der Waals surface area contributed by atoms with Crippen LogP contribution < -0.4 is 5.32 Å². The lowest BCUT2D eigenvalue weighted by atomic mass is 9.85. The van der Waals surface area contributed by atoms with Gasteiger partial charge in [-0.25, -0.2) is 4.79 Å². The van der Waals surface area contributed by atoms with Crippen LogP contribution in [0, 0.1) is 0 Å². The quantitative estimate of drug-likeness (QED) is 0.720. The van der Waals surface area contributed by atoms with Gasteiger partial charge in [0.25, 0.3) is 5.91 Å².